The van der Waals surface area contributed by atoms with Crippen LogP contribution >= 0.6 is 0 Å². The van der Waals surface area contributed by atoms with Crippen LogP contribution in [0, 0.1) is 25.5 Å². The minimum Gasteiger partial charge on any atom is -0.368 e. The molecular weight excluding hydrogens is 338 g/mol. The van der Waals surface area contributed by atoms with Crippen molar-refractivity contribution in [2.24, 2.45) is 0 Å². The van der Waals surface area contributed by atoms with Gasteiger partial charge in [-0.25, -0.2) is 13.8 Å². The SMILES string of the molecule is Cc1cc(N2CCN(Cc3cc(C)on3)CC2)c2ccc(F)c(F)c2n1. The second-order valence-electron chi connectivity index (χ2n) is 6.73. The minimum absolute atomic E-state index is 0.0977. The lowest BCUT2D eigenvalue weighted by molar-refractivity contribution is 0.242. The smallest absolute Gasteiger partial charge is 0.185 e. The molecule has 26 heavy (non-hydrogen) atoms. The Balaban J connectivity index is 1.55. The van der Waals surface area contributed by atoms with Crippen LogP contribution in [-0.2, 0) is 6.54 Å². The van der Waals surface area contributed by atoms with Crippen molar-refractivity contribution in [2.45, 2.75) is 20.4 Å². The van der Waals surface area contributed by atoms with E-state index < -0.39 is 11.6 Å². The van der Waals surface area contributed by atoms with E-state index in [1.54, 1.807) is 13.0 Å². The largest absolute Gasteiger partial charge is 0.368 e. The molecule has 4 rings (SSSR count). The highest BCUT2D eigenvalue weighted by Gasteiger charge is 2.21. The van der Waals surface area contributed by atoms with E-state index in [9.17, 15) is 8.78 Å². The first-order valence-corrected chi connectivity index (χ1v) is 8.66. The van der Waals surface area contributed by atoms with Gasteiger partial charge in [-0.2, -0.15) is 0 Å². The lowest BCUT2D eigenvalue weighted by Crippen LogP contribution is -2.46. The summed E-state index contributed by atoms with van der Waals surface area (Å²) in [5.41, 5.74) is 2.61. The van der Waals surface area contributed by atoms with E-state index in [1.807, 2.05) is 19.1 Å². The fraction of sp³-hybridized carbons (Fsp3) is 0.368. The summed E-state index contributed by atoms with van der Waals surface area (Å²) >= 11 is 0. The van der Waals surface area contributed by atoms with Gasteiger partial charge in [0, 0.05) is 55.6 Å². The molecule has 0 spiro atoms. The van der Waals surface area contributed by atoms with Crippen molar-refractivity contribution in [3.8, 4) is 0 Å². The maximum absolute atomic E-state index is 14.2. The van der Waals surface area contributed by atoms with Crippen molar-refractivity contribution in [1.82, 2.24) is 15.0 Å². The zero-order valence-corrected chi connectivity index (χ0v) is 14.8. The molecule has 0 atom stereocenters. The van der Waals surface area contributed by atoms with Crippen LogP contribution in [-0.4, -0.2) is 41.2 Å². The first-order valence-electron chi connectivity index (χ1n) is 8.66. The number of piperazine rings is 1. The normalized spacial score (nSPS) is 15.8. The maximum atomic E-state index is 14.2. The third-order valence-electron chi connectivity index (χ3n) is 4.75. The molecule has 1 saturated heterocycles. The molecule has 0 unspecified atom stereocenters. The molecule has 7 heteroatoms. The van der Waals surface area contributed by atoms with Crippen molar-refractivity contribution in [2.75, 3.05) is 31.1 Å². The van der Waals surface area contributed by atoms with Crippen molar-refractivity contribution in [3.05, 3.63) is 53.0 Å². The lowest BCUT2D eigenvalue weighted by Gasteiger charge is -2.36. The van der Waals surface area contributed by atoms with Crippen molar-refractivity contribution in [1.29, 1.82) is 0 Å². The van der Waals surface area contributed by atoms with Crippen LogP contribution in [0.5, 0.6) is 0 Å². The number of anilines is 1. The monoisotopic (exact) mass is 358 g/mol. The number of benzene rings is 1. The Bertz CT molecular complexity index is 948. The highest BCUT2D eigenvalue weighted by atomic mass is 19.2. The summed E-state index contributed by atoms with van der Waals surface area (Å²) in [4.78, 5) is 8.71. The number of rotatable bonds is 3. The average Bonchev–Trinajstić information content (AvgIpc) is 3.03. The predicted molar refractivity (Wildman–Crippen MR) is 95.1 cm³/mol. The quantitative estimate of drug-likeness (QED) is 0.718. The Morgan fingerprint density at radius 3 is 2.54 bits per heavy atom. The molecule has 3 aromatic rings. The Morgan fingerprint density at radius 2 is 1.85 bits per heavy atom. The molecule has 0 aliphatic carbocycles. The fourth-order valence-corrected chi connectivity index (χ4v) is 3.47. The molecule has 1 aliphatic heterocycles. The van der Waals surface area contributed by atoms with E-state index in [2.05, 4.69) is 19.9 Å². The van der Waals surface area contributed by atoms with Gasteiger partial charge in [0.25, 0.3) is 0 Å². The summed E-state index contributed by atoms with van der Waals surface area (Å²) in [7, 11) is 0. The van der Waals surface area contributed by atoms with Gasteiger partial charge in [-0.3, -0.25) is 4.90 Å². The second kappa shape index (κ2) is 6.64. The molecular formula is C19H20F2N4O. The van der Waals surface area contributed by atoms with E-state index in [4.69, 9.17) is 4.52 Å². The number of halogens is 2. The standard InChI is InChI=1S/C19H20F2N4O/c1-12-9-17(15-3-4-16(20)18(21)19(15)22-12)25-7-5-24(6-8-25)11-14-10-13(2)26-23-14/h3-4,9-10H,5-8,11H2,1-2H3. The van der Waals surface area contributed by atoms with Crippen molar-refractivity contribution < 1.29 is 13.3 Å². The number of pyridine rings is 1. The predicted octanol–water partition coefficient (Wildman–Crippen LogP) is 3.44. The summed E-state index contributed by atoms with van der Waals surface area (Å²) in [6.07, 6.45) is 0. The third-order valence-corrected chi connectivity index (χ3v) is 4.75. The molecule has 0 radical (unpaired) electrons. The topological polar surface area (TPSA) is 45.4 Å². The molecule has 0 saturated carbocycles. The van der Waals surface area contributed by atoms with Crippen LogP contribution in [0.2, 0.25) is 0 Å². The van der Waals surface area contributed by atoms with Gasteiger partial charge in [0.2, 0.25) is 0 Å². The maximum Gasteiger partial charge on any atom is 0.185 e. The van der Waals surface area contributed by atoms with Crippen molar-refractivity contribution in [3.63, 3.8) is 0 Å². The highest BCUT2D eigenvalue weighted by Crippen LogP contribution is 2.30. The van der Waals surface area contributed by atoms with Gasteiger partial charge >= 0.3 is 0 Å². The van der Waals surface area contributed by atoms with Crippen LogP contribution < -0.4 is 4.90 Å². The Morgan fingerprint density at radius 1 is 1.08 bits per heavy atom. The van der Waals surface area contributed by atoms with Gasteiger partial charge in [0.05, 0.1) is 5.69 Å². The van der Waals surface area contributed by atoms with E-state index in [0.717, 1.165) is 49.9 Å². The lowest BCUT2D eigenvalue weighted by atomic mass is 10.1. The summed E-state index contributed by atoms with van der Waals surface area (Å²) in [5, 5.41) is 4.69. The van der Waals surface area contributed by atoms with Gasteiger partial charge in [-0.1, -0.05) is 5.16 Å². The van der Waals surface area contributed by atoms with Crippen LogP contribution in [0.4, 0.5) is 14.5 Å². The Hall–Kier alpha value is -2.54. The summed E-state index contributed by atoms with van der Waals surface area (Å²) < 4.78 is 32.8. The van der Waals surface area contributed by atoms with Gasteiger partial charge in [-0.05, 0) is 32.0 Å². The third kappa shape index (κ3) is 3.14. The van der Waals surface area contributed by atoms with Gasteiger partial charge in [0.15, 0.2) is 11.6 Å². The van der Waals surface area contributed by atoms with E-state index in [-0.39, 0.29) is 5.52 Å². The summed E-state index contributed by atoms with van der Waals surface area (Å²) in [6.45, 7) is 7.75. The first kappa shape index (κ1) is 16.9. The first-order chi connectivity index (χ1) is 12.5. The number of hydrogen-bond donors (Lipinski definition) is 0. The van der Waals surface area contributed by atoms with Gasteiger partial charge < -0.3 is 9.42 Å². The molecule has 0 N–H and O–H groups in total. The van der Waals surface area contributed by atoms with E-state index >= 15 is 0 Å². The number of hydrogen-bond acceptors (Lipinski definition) is 5. The molecule has 1 aromatic carbocycles. The number of aryl methyl sites for hydroxylation is 2. The molecule has 0 amide bonds. The zero-order valence-electron chi connectivity index (χ0n) is 14.8. The number of aromatic nitrogens is 2. The van der Waals surface area contributed by atoms with Crippen LogP contribution in [0.15, 0.2) is 28.8 Å². The minimum atomic E-state index is -0.882. The molecule has 3 heterocycles. The number of nitrogens with zero attached hydrogens (tertiary/aromatic N) is 4. The van der Waals surface area contributed by atoms with E-state index in [0.29, 0.717) is 11.1 Å². The average molecular weight is 358 g/mol. The van der Waals surface area contributed by atoms with Gasteiger partial charge in [0.1, 0.15) is 11.3 Å². The molecule has 1 fully saturated rings. The molecule has 136 valence electrons. The van der Waals surface area contributed by atoms with E-state index in [1.165, 1.54) is 6.07 Å². The summed E-state index contributed by atoms with van der Waals surface area (Å²) in [6, 6.07) is 6.67. The number of fused-ring (bicyclic) bond motifs is 1. The zero-order chi connectivity index (χ0) is 18.3. The van der Waals surface area contributed by atoms with Crippen LogP contribution in [0.3, 0.4) is 0 Å². The van der Waals surface area contributed by atoms with Crippen molar-refractivity contribution >= 4 is 16.6 Å². The molecule has 5 nitrogen and oxygen atoms in total. The van der Waals surface area contributed by atoms with Crippen LogP contribution in [0.25, 0.3) is 10.9 Å². The Kier molecular flexibility index (Phi) is 4.32. The van der Waals surface area contributed by atoms with Gasteiger partial charge in [-0.15, -0.1) is 0 Å². The molecule has 1 aliphatic rings. The highest BCUT2D eigenvalue weighted by molar-refractivity contribution is 5.92. The van der Waals surface area contributed by atoms with Crippen LogP contribution in [0.1, 0.15) is 17.1 Å². The summed E-state index contributed by atoms with van der Waals surface area (Å²) in [5.74, 6) is -0.937. The fourth-order valence-electron chi connectivity index (χ4n) is 3.47. The second-order valence-corrected chi connectivity index (χ2v) is 6.73. The molecule has 2 aromatic heterocycles. The molecule has 0 bridgehead atoms. The Labute approximate surface area is 150 Å².